The number of nitrogens with zero attached hydrogens (tertiary/aromatic N) is 1. The summed E-state index contributed by atoms with van der Waals surface area (Å²) in [4.78, 5) is 22.4. The van der Waals surface area contributed by atoms with E-state index in [1.807, 2.05) is 0 Å². The van der Waals surface area contributed by atoms with Gasteiger partial charge in [-0.05, 0) is 35.0 Å². The molecule has 6 heteroatoms. The summed E-state index contributed by atoms with van der Waals surface area (Å²) in [6, 6.07) is 4.15. The molecule has 0 unspecified atom stereocenters. The molecule has 0 spiro atoms. The maximum absolute atomic E-state index is 11.5. The van der Waals surface area contributed by atoms with Crippen molar-refractivity contribution < 1.29 is 19.4 Å². The highest BCUT2D eigenvalue weighted by Gasteiger charge is 2.18. The van der Waals surface area contributed by atoms with Crippen molar-refractivity contribution in [3.8, 4) is 6.07 Å². The molecule has 1 aromatic rings. The van der Waals surface area contributed by atoms with E-state index in [0.717, 1.165) is 0 Å². The number of ether oxygens (including phenoxy) is 1. The zero-order valence-electron chi connectivity index (χ0n) is 8.86. The molecule has 0 saturated heterocycles. The number of esters is 1. The van der Waals surface area contributed by atoms with Crippen LogP contribution in [0.4, 0.5) is 0 Å². The smallest absolute Gasteiger partial charge is 0.339 e. The summed E-state index contributed by atoms with van der Waals surface area (Å²) in [5.74, 6) is -1.83. The van der Waals surface area contributed by atoms with E-state index in [2.05, 4.69) is 15.9 Å². The molecule has 0 saturated carbocycles. The third-order valence-electron chi connectivity index (χ3n) is 1.95. The number of nitriles is 1. The van der Waals surface area contributed by atoms with Crippen LogP contribution in [0.2, 0.25) is 0 Å². The van der Waals surface area contributed by atoms with Gasteiger partial charge >= 0.3 is 11.9 Å². The number of carbonyl (C=O) groups is 2. The lowest BCUT2D eigenvalue weighted by molar-refractivity contribution is 0.0524. The first-order chi connectivity index (χ1) is 8.01. The first kappa shape index (κ1) is 13.2. The summed E-state index contributed by atoms with van der Waals surface area (Å²) in [5, 5.41) is 17.7. The number of carboxylic acids is 1. The summed E-state index contributed by atoms with van der Waals surface area (Å²) in [5.41, 5.74) is -0.107. The number of hydrogen-bond acceptors (Lipinski definition) is 4. The predicted molar refractivity (Wildman–Crippen MR) is 61.8 cm³/mol. The van der Waals surface area contributed by atoms with Crippen molar-refractivity contribution in [1.29, 1.82) is 5.26 Å². The van der Waals surface area contributed by atoms with Crippen LogP contribution in [0.3, 0.4) is 0 Å². The van der Waals surface area contributed by atoms with Crippen molar-refractivity contribution in [3.63, 3.8) is 0 Å². The molecule has 88 valence electrons. The fourth-order valence-corrected chi connectivity index (χ4v) is 1.71. The number of rotatable bonds is 3. The first-order valence-corrected chi connectivity index (χ1v) is 5.44. The average Bonchev–Trinajstić information content (AvgIpc) is 2.28. The van der Waals surface area contributed by atoms with Gasteiger partial charge in [0.15, 0.2) is 0 Å². The maximum Gasteiger partial charge on any atom is 0.339 e. The highest BCUT2D eigenvalue weighted by atomic mass is 79.9. The third kappa shape index (κ3) is 2.82. The number of hydrogen-bond donors (Lipinski definition) is 1. The van der Waals surface area contributed by atoms with Gasteiger partial charge in [-0.3, -0.25) is 0 Å². The summed E-state index contributed by atoms with van der Waals surface area (Å²) in [6.45, 7) is 1.86. The summed E-state index contributed by atoms with van der Waals surface area (Å²) < 4.78 is 5.07. The van der Waals surface area contributed by atoms with Crippen molar-refractivity contribution in [2.75, 3.05) is 6.61 Å². The summed E-state index contributed by atoms with van der Waals surface area (Å²) in [7, 11) is 0. The molecule has 5 nitrogen and oxygen atoms in total. The van der Waals surface area contributed by atoms with Gasteiger partial charge in [-0.15, -0.1) is 0 Å². The Labute approximate surface area is 106 Å². The standard InChI is InChI=1S/C11H8BrNO4/c1-2-17-11(16)8-3-6(5-13)7(10(14)15)4-9(8)12/h3-4H,2H2,1H3,(H,14,15). The second-order valence-electron chi connectivity index (χ2n) is 3.02. The van der Waals surface area contributed by atoms with Gasteiger partial charge in [0.25, 0.3) is 0 Å². The van der Waals surface area contributed by atoms with Crippen LogP contribution in [0.15, 0.2) is 16.6 Å². The number of carbonyl (C=O) groups excluding carboxylic acids is 1. The normalized spacial score (nSPS) is 9.47. The number of carboxylic acid groups (broad SMARTS) is 1. The molecule has 0 aliphatic rings. The van der Waals surface area contributed by atoms with E-state index < -0.39 is 11.9 Å². The zero-order chi connectivity index (χ0) is 13.0. The monoisotopic (exact) mass is 297 g/mol. The largest absolute Gasteiger partial charge is 0.478 e. The van der Waals surface area contributed by atoms with Gasteiger partial charge in [-0.2, -0.15) is 5.26 Å². The molecule has 1 rings (SSSR count). The van der Waals surface area contributed by atoms with E-state index >= 15 is 0 Å². The Balaban J connectivity index is 3.33. The Hall–Kier alpha value is -1.87. The fraction of sp³-hybridized carbons (Fsp3) is 0.182. The molecular formula is C11H8BrNO4. The average molecular weight is 298 g/mol. The van der Waals surface area contributed by atoms with Gasteiger partial charge < -0.3 is 9.84 Å². The number of halogens is 1. The van der Waals surface area contributed by atoms with Crippen LogP contribution in [-0.2, 0) is 4.74 Å². The second kappa shape index (κ2) is 5.46. The number of aromatic carboxylic acids is 1. The van der Waals surface area contributed by atoms with E-state index in [1.165, 1.54) is 12.1 Å². The van der Waals surface area contributed by atoms with E-state index in [0.29, 0.717) is 0 Å². The Morgan fingerprint density at radius 3 is 2.59 bits per heavy atom. The third-order valence-corrected chi connectivity index (χ3v) is 2.61. The lowest BCUT2D eigenvalue weighted by Crippen LogP contribution is -2.08. The molecule has 0 atom stereocenters. The molecule has 1 aromatic carbocycles. The number of benzene rings is 1. The topological polar surface area (TPSA) is 87.4 Å². The first-order valence-electron chi connectivity index (χ1n) is 4.65. The maximum atomic E-state index is 11.5. The van der Waals surface area contributed by atoms with Crippen molar-refractivity contribution in [1.82, 2.24) is 0 Å². The van der Waals surface area contributed by atoms with Crippen LogP contribution >= 0.6 is 15.9 Å². The molecule has 0 aliphatic carbocycles. The molecule has 0 bridgehead atoms. The van der Waals surface area contributed by atoms with E-state index in [-0.39, 0.29) is 27.8 Å². The predicted octanol–water partition coefficient (Wildman–Crippen LogP) is 2.20. The fourth-order valence-electron chi connectivity index (χ4n) is 1.21. The van der Waals surface area contributed by atoms with Crippen molar-refractivity contribution >= 4 is 27.9 Å². The molecule has 17 heavy (non-hydrogen) atoms. The van der Waals surface area contributed by atoms with Crippen LogP contribution in [0.5, 0.6) is 0 Å². The minimum absolute atomic E-state index is 0.0799. The Morgan fingerprint density at radius 2 is 2.12 bits per heavy atom. The van der Waals surface area contributed by atoms with E-state index in [1.54, 1.807) is 13.0 Å². The van der Waals surface area contributed by atoms with Crippen LogP contribution in [0, 0.1) is 11.3 Å². The van der Waals surface area contributed by atoms with Crippen molar-refractivity contribution in [2.45, 2.75) is 6.92 Å². The summed E-state index contributed by atoms with van der Waals surface area (Å²) in [6.07, 6.45) is 0. The molecular weight excluding hydrogens is 290 g/mol. The second-order valence-corrected chi connectivity index (χ2v) is 3.87. The molecule has 0 heterocycles. The molecule has 0 radical (unpaired) electrons. The van der Waals surface area contributed by atoms with Gasteiger partial charge in [0.1, 0.15) is 6.07 Å². The quantitative estimate of drug-likeness (QED) is 0.864. The van der Waals surface area contributed by atoms with Gasteiger partial charge in [-0.1, -0.05) is 0 Å². The van der Waals surface area contributed by atoms with E-state index in [9.17, 15) is 9.59 Å². The summed E-state index contributed by atoms with van der Waals surface area (Å²) >= 11 is 3.08. The van der Waals surface area contributed by atoms with Gasteiger partial charge in [0.2, 0.25) is 0 Å². The van der Waals surface area contributed by atoms with Crippen LogP contribution in [-0.4, -0.2) is 23.7 Å². The molecule has 0 aromatic heterocycles. The SMILES string of the molecule is CCOC(=O)c1cc(C#N)c(C(=O)O)cc1Br. The van der Waals surface area contributed by atoms with Gasteiger partial charge in [0.05, 0.1) is 23.3 Å². The Morgan fingerprint density at radius 1 is 1.47 bits per heavy atom. The van der Waals surface area contributed by atoms with Crippen molar-refractivity contribution in [2.24, 2.45) is 0 Å². The minimum Gasteiger partial charge on any atom is -0.478 e. The lowest BCUT2D eigenvalue weighted by atomic mass is 10.0. The van der Waals surface area contributed by atoms with Gasteiger partial charge in [-0.25, -0.2) is 9.59 Å². The minimum atomic E-state index is -1.22. The lowest BCUT2D eigenvalue weighted by Gasteiger charge is -2.06. The van der Waals surface area contributed by atoms with Crippen molar-refractivity contribution in [3.05, 3.63) is 33.3 Å². The highest BCUT2D eigenvalue weighted by molar-refractivity contribution is 9.10. The molecule has 1 N–H and O–H groups in total. The molecule has 0 aliphatic heterocycles. The molecule has 0 amide bonds. The van der Waals surface area contributed by atoms with Crippen LogP contribution < -0.4 is 0 Å². The zero-order valence-corrected chi connectivity index (χ0v) is 10.4. The Kier molecular flexibility index (Phi) is 4.24. The van der Waals surface area contributed by atoms with Crippen LogP contribution in [0.25, 0.3) is 0 Å². The molecule has 0 fully saturated rings. The van der Waals surface area contributed by atoms with E-state index in [4.69, 9.17) is 15.1 Å². The highest BCUT2D eigenvalue weighted by Crippen LogP contribution is 2.23. The Bertz CT molecular complexity index is 519. The van der Waals surface area contributed by atoms with Gasteiger partial charge in [0, 0.05) is 4.47 Å². The van der Waals surface area contributed by atoms with Crippen LogP contribution in [0.1, 0.15) is 33.2 Å².